The van der Waals surface area contributed by atoms with Crippen molar-refractivity contribution in [2.45, 2.75) is 258 Å². The number of amides is 5. The molecule has 4 unspecified atom stereocenters. The van der Waals surface area contributed by atoms with E-state index >= 15 is 0 Å². The molecule has 5 saturated heterocycles. The molecule has 30 heteroatoms. The van der Waals surface area contributed by atoms with Gasteiger partial charge in [0.25, 0.3) is 0 Å². The van der Waals surface area contributed by atoms with E-state index in [1.165, 1.54) is 25.7 Å². The molecular formula is C68H101F2N5O23. The summed E-state index contributed by atoms with van der Waals surface area (Å²) in [6, 6.07) is 13.4. The zero-order valence-corrected chi connectivity index (χ0v) is 59.7. The lowest BCUT2D eigenvalue weighted by Crippen LogP contribution is -2.44. The van der Waals surface area contributed by atoms with Gasteiger partial charge in [0.05, 0.1) is 43.9 Å². The number of likely N-dealkylation sites (tertiary alicyclic amines) is 5. The van der Waals surface area contributed by atoms with Gasteiger partial charge in [-0.1, -0.05) is 60.7 Å². The number of esters is 2. The number of β-amino-alcohol motifs (C(OH)–C–C–N with tert-alkyl or cyclic N) is 2. The molecule has 0 aliphatic carbocycles. The van der Waals surface area contributed by atoms with Crippen LogP contribution >= 0.6 is 0 Å². The van der Waals surface area contributed by atoms with Crippen molar-refractivity contribution in [2.24, 2.45) is 0 Å². The van der Waals surface area contributed by atoms with Crippen LogP contribution < -0.4 is 0 Å². The third kappa shape index (κ3) is 29.0. The van der Waals surface area contributed by atoms with E-state index in [-0.39, 0.29) is 83.8 Å². The number of hydrogen-bond donors (Lipinski definition) is 5. The Kier molecular flexibility index (Phi) is 28.2. The fourth-order valence-corrected chi connectivity index (χ4v) is 10.2. The number of alkyl halides is 2. The molecule has 98 heavy (non-hydrogen) atoms. The molecule has 9 atom stereocenters. The van der Waals surface area contributed by atoms with Gasteiger partial charge in [-0.25, -0.2) is 56.7 Å². The van der Waals surface area contributed by atoms with Gasteiger partial charge >= 0.3 is 60.3 Å². The van der Waals surface area contributed by atoms with Crippen molar-refractivity contribution >= 4 is 66.1 Å². The van der Waals surface area contributed by atoms with Crippen molar-refractivity contribution in [1.82, 2.24) is 24.5 Å². The number of carbonyl (C=O) groups is 11. The second-order valence-electron chi connectivity index (χ2n) is 30.7. The Morgan fingerprint density at radius 1 is 0.408 bits per heavy atom. The maximum atomic E-state index is 14.4. The number of halogens is 2. The molecule has 5 N–H and O–H groups in total. The fraction of sp³-hybridized carbons (Fsp3) is 0.662. The van der Waals surface area contributed by atoms with E-state index in [4.69, 9.17) is 48.5 Å². The summed E-state index contributed by atoms with van der Waals surface area (Å²) in [6.07, 6.45) is -3.88. The highest BCUT2D eigenvalue weighted by Crippen LogP contribution is 2.35. The number of hydrogen-bond acceptors (Lipinski definition) is 20. The predicted molar refractivity (Wildman–Crippen MR) is 347 cm³/mol. The Balaban J connectivity index is 0.000000323. The van der Waals surface area contributed by atoms with E-state index in [0.29, 0.717) is 0 Å². The number of benzene rings is 2. The van der Waals surface area contributed by atoms with Gasteiger partial charge in [-0.3, -0.25) is 29.3 Å². The Hall–Kier alpha value is -8.41. The summed E-state index contributed by atoms with van der Waals surface area (Å²) >= 11 is 0. The number of aliphatic carboxylic acids is 3. The van der Waals surface area contributed by atoms with Crippen molar-refractivity contribution in [2.75, 3.05) is 32.7 Å². The monoisotopic (exact) mass is 1390 g/mol. The molecule has 2 aromatic carbocycles. The van der Waals surface area contributed by atoms with Crippen LogP contribution in [0.4, 0.5) is 32.8 Å². The molecule has 0 saturated carbocycles. The first-order valence-corrected chi connectivity index (χ1v) is 31.8. The van der Waals surface area contributed by atoms with E-state index < -0.39 is 141 Å². The highest BCUT2D eigenvalue weighted by molar-refractivity contribution is 5.95. The Morgan fingerprint density at radius 2 is 0.663 bits per heavy atom. The van der Waals surface area contributed by atoms with Crippen molar-refractivity contribution in [3.05, 3.63) is 71.8 Å². The van der Waals surface area contributed by atoms with Gasteiger partial charge < -0.3 is 58.7 Å². The van der Waals surface area contributed by atoms with Gasteiger partial charge in [0.2, 0.25) is 0 Å². The zero-order chi connectivity index (χ0) is 75.3. The average Bonchev–Trinajstić information content (AvgIpc) is 1.70. The molecule has 7 rings (SSSR count). The van der Waals surface area contributed by atoms with Gasteiger partial charge in [0, 0.05) is 32.1 Å². The summed E-state index contributed by atoms with van der Waals surface area (Å²) in [5, 5.41) is 46.9. The summed E-state index contributed by atoms with van der Waals surface area (Å²) in [7, 11) is 0. The van der Waals surface area contributed by atoms with E-state index in [1.54, 1.807) is 111 Å². The van der Waals surface area contributed by atoms with Crippen LogP contribution in [0.1, 0.15) is 175 Å². The molecule has 5 amide bonds. The molecule has 5 aliphatic rings. The van der Waals surface area contributed by atoms with Crippen LogP contribution in [-0.2, 0) is 75.1 Å². The summed E-state index contributed by atoms with van der Waals surface area (Å²) in [6.45, 7) is 30.9. The number of Topliss-reactive ketones (excluding diaryl/α,β-unsaturated/α-hetero) is 1. The molecule has 0 bridgehead atoms. The van der Waals surface area contributed by atoms with Crippen LogP contribution in [0.3, 0.4) is 0 Å². The Morgan fingerprint density at radius 3 is 0.980 bits per heavy atom. The maximum absolute atomic E-state index is 14.4. The lowest BCUT2D eigenvalue weighted by atomic mass is 10.0. The zero-order valence-electron chi connectivity index (χ0n) is 59.7. The van der Waals surface area contributed by atoms with Crippen molar-refractivity contribution in [1.29, 1.82) is 0 Å². The van der Waals surface area contributed by atoms with Crippen molar-refractivity contribution in [3.8, 4) is 0 Å². The van der Waals surface area contributed by atoms with Crippen LogP contribution in [0.2, 0.25) is 0 Å². The molecule has 0 aromatic heterocycles. The molecule has 5 fully saturated rings. The highest BCUT2D eigenvalue weighted by Gasteiger charge is 2.52. The number of ether oxygens (including phenoxy) is 7. The summed E-state index contributed by atoms with van der Waals surface area (Å²) in [5.41, 5.74) is -7.47. The van der Waals surface area contributed by atoms with Gasteiger partial charge in [-0.15, -0.1) is 0 Å². The van der Waals surface area contributed by atoms with Crippen LogP contribution in [0.15, 0.2) is 60.7 Å². The van der Waals surface area contributed by atoms with Gasteiger partial charge in [-0.05, 0) is 143 Å². The van der Waals surface area contributed by atoms with Crippen molar-refractivity contribution < 1.29 is 120 Å². The van der Waals surface area contributed by atoms with Crippen LogP contribution in [0, 0.1) is 0 Å². The normalized spacial score (nSPS) is 25.3. The number of nitrogens with zero attached hydrogens (tertiary/aromatic N) is 5. The minimum Gasteiger partial charge on any atom is -0.480 e. The second kappa shape index (κ2) is 33.0. The SMILES string of the molecule is CC(C)(C)OC(=O)N1CC(=O)C[C@H]1C(=O)O.CC1(F)C[C@@H](C(=O)O)N(C(=O)OC(C)(C)C)C1.CC1(F)C[C@@H](C(=O)OCc2ccccc2)N(C(=O)OC(C)(C)C)C1.CC1(O)C[C@@H](C(=O)O)N(C(=O)OC(C)(C)C)C1.CC1(O)C[C@@H](C(=O)OCc2ccccc2)N(C(=O)OC(C)(C)C)C1. The molecule has 28 nitrogen and oxygen atoms in total. The first-order chi connectivity index (χ1) is 44.4. The smallest absolute Gasteiger partial charge is 0.411 e. The minimum absolute atomic E-state index is 0.0155. The molecule has 0 spiro atoms. The Labute approximate surface area is 571 Å². The number of carboxylic acids is 3. The largest absolute Gasteiger partial charge is 0.480 e. The lowest BCUT2D eigenvalue weighted by molar-refractivity contribution is -0.151. The van der Waals surface area contributed by atoms with Crippen LogP contribution in [-0.4, -0.2) is 230 Å². The topological polar surface area (TPSA) is 370 Å². The highest BCUT2D eigenvalue weighted by atomic mass is 19.1. The number of rotatable bonds is 9. The van der Waals surface area contributed by atoms with Gasteiger partial charge in [-0.2, -0.15) is 0 Å². The molecule has 2 aromatic rings. The van der Waals surface area contributed by atoms with Crippen LogP contribution in [0.5, 0.6) is 0 Å². The Bertz CT molecular complexity index is 2950. The van der Waals surface area contributed by atoms with E-state index in [1.807, 2.05) is 60.7 Å². The third-order valence-electron chi connectivity index (χ3n) is 14.2. The fourth-order valence-electron chi connectivity index (χ4n) is 10.2. The second-order valence-corrected chi connectivity index (χ2v) is 30.7. The third-order valence-corrected chi connectivity index (χ3v) is 14.2. The maximum Gasteiger partial charge on any atom is 0.411 e. The number of aliphatic hydroxyl groups is 2. The van der Waals surface area contributed by atoms with E-state index in [2.05, 4.69) is 0 Å². The summed E-state index contributed by atoms with van der Waals surface area (Å²) in [5.74, 6) is -4.95. The molecule has 550 valence electrons. The van der Waals surface area contributed by atoms with Gasteiger partial charge in [0.1, 0.15) is 82.8 Å². The molecule has 5 aliphatic heterocycles. The summed E-state index contributed by atoms with van der Waals surface area (Å²) in [4.78, 5) is 134. The number of carbonyl (C=O) groups excluding carboxylic acids is 8. The first kappa shape index (κ1) is 83.8. The van der Waals surface area contributed by atoms with E-state index in [9.17, 15) is 71.7 Å². The quantitative estimate of drug-likeness (QED) is 0.115. The first-order valence-electron chi connectivity index (χ1n) is 31.8. The molecular weight excluding hydrogens is 1290 g/mol. The minimum atomic E-state index is -1.68. The van der Waals surface area contributed by atoms with Crippen molar-refractivity contribution in [3.63, 3.8) is 0 Å². The predicted octanol–water partition coefficient (Wildman–Crippen LogP) is 9.25. The molecule has 0 radical (unpaired) electrons. The number of carboxylic acid groups (broad SMARTS) is 3. The lowest BCUT2D eigenvalue weighted by Gasteiger charge is -2.27. The molecule has 5 heterocycles. The average molecular weight is 1390 g/mol. The standard InChI is InChI=1S/C18H24FNO4.C18H25NO5.C11H18FNO4.C11H19NO5.C10H15NO5/c1-17(2,3)24-16(22)20-12-18(4,19)10-14(20)15(21)23-11-13-8-6-5-7-9-13;1-17(2,3)24-16(21)19-12-18(4,22)10-14(19)15(20)23-11-13-8-6-5-7-9-13;1-10(2,3)17-9(16)13-6-11(4,12)5-7(13)8(14)15;1-10(2,3)17-9(15)12-6-11(4,16)5-7(12)8(13)14;1-10(2,3)16-9(15)11-5-6(12)4-7(11)8(13)14/h5-9,14H,10-12H2,1-4H3;5-9,14,22H,10-12H2,1-4H3;7H,5-6H2,1-4H3,(H,14,15);7,16H,5-6H2,1-4H3,(H,13,14);7H,4-5H2,1-3H3,(H,13,14)/t2*14-,18?;2*7-,11?;7-/m00000/s1. The summed E-state index contributed by atoms with van der Waals surface area (Å²) < 4.78 is 64.5. The van der Waals surface area contributed by atoms with E-state index in [0.717, 1.165) is 30.7 Å². The van der Waals surface area contributed by atoms with Gasteiger partial charge in [0.15, 0.2) is 5.78 Å². The van der Waals surface area contributed by atoms with Crippen LogP contribution in [0.25, 0.3) is 0 Å². The number of ketones is 1.